The summed E-state index contributed by atoms with van der Waals surface area (Å²) in [5.74, 6) is 0.395. The Morgan fingerprint density at radius 2 is 1.86 bits per heavy atom. The summed E-state index contributed by atoms with van der Waals surface area (Å²) < 4.78 is 8.76. The second-order valence-corrected chi connectivity index (χ2v) is 8.62. The third-order valence-electron chi connectivity index (χ3n) is 6.32. The van der Waals surface area contributed by atoms with Gasteiger partial charge >= 0.3 is 12.0 Å². The molecule has 1 N–H and O–H groups in total. The molecule has 2 aromatic heterocycles. The SMILES string of the molecule is COC(=O)CNC(=O)N1Cc2c(C)nn(-c3ccccc3)c2-n2cccc2[C@@H]1c1cccc(C)c1. The molecule has 0 radical (unpaired) electrons. The molecule has 35 heavy (non-hydrogen) atoms. The zero-order valence-corrected chi connectivity index (χ0v) is 19.9. The maximum Gasteiger partial charge on any atom is 0.325 e. The minimum Gasteiger partial charge on any atom is -0.468 e. The van der Waals surface area contributed by atoms with Crippen LogP contribution in [0.2, 0.25) is 0 Å². The highest BCUT2D eigenvalue weighted by Gasteiger charge is 2.36. The van der Waals surface area contributed by atoms with E-state index in [1.54, 1.807) is 4.90 Å². The minimum absolute atomic E-state index is 0.206. The van der Waals surface area contributed by atoms with E-state index in [1.807, 2.05) is 85.4 Å². The molecule has 0 saturated heterocycles. The van der Waals surface area contributed by atoms with Crippen molar-refractivity contribution in [3.05, 3.63) is 101 Å². The van der Waals surface area contributed by atoms with Crippen molar-refractivity contribution >= 4 is 12.0 Å². The first kappa shape index (κ1) is 22.5. The summed E-state index contributed by atoms with van der Waals surface area (Å²) in [6.45, 7) is 4.11. The Hall–Kier alpha value is -4.33. The van der Waals surface area contributed by atoms with E-state index in [4.69, 9.17) is 9.84 Å². The van der Waals surface area contributed by atoms with Crippen molar-refractivity contribution in [2.45, 2.75) is 26.4 Å². The topological polar surface area (TPSA) is 81.4 Å². The molecule has 4 aromatic rings. The van der Waals surface area contributed by atoms with E-state index in [1.165, 1.54) is 7.11 Å². The van der Waals surface area contributed by atoms with Gasteiger partial charge in [0.1, 0.15) is 12.4 Å². The number of aromatic nitrogens is 3. The molecular formula is C27H27N5O3. The largest absolute Gasteiger partial charge is 0.468 e. The van der Waals surface area contributed by atoms with Crippen molar-refractivity contribution in [2.75, 3.05) is 13.7 Å². The number of fused-ring (bicyclic) bond motifs is 3. The summed E-state index contributed by atoms with van der Waals surface area (Å²) in [5, 5.41) is 7.57. The summed E-state index contributed by atoms with van der Waals surface area (Å²) in [6, 6.07) is 21.4. The smallest absolute Gasteiger partial charge is 0.325 e. The average molecular weight is 470 g/mol. The fourth-order valence-corrected chi connectivity index (χ4v) is 4.66. The van der Waals surface area contributed by atoms with Crippen molar-refractivity contribution < 1.29 is 14.3 Å². The van der Waals surface area contributed by atoms with Gasteiger partial charge in [0.15, 0.2) is 0 Å². The summed E-state index contributed by atoms with van der Waals surface area (Å²) in [7, 11) is 1.30. The number of hydrogen-bond donors (Lipinski definition) is 1. The molecule has 1 aliphatic heterocycles. The van der Waals surface area contributed by atoms with Gasteiger partial charge in [-0.25, -0.2) is 9.48 Å². The number of carbonyl (C=O) groups is 2. The lowest BCUT2D eigenvalue weighted by molar-refractivity contribution is -0.139. The predicted octanol–water partition coefficient (Wildman–Crippen LogP) is 4.07. The lowest BCUT2D eigenvalue weighted by Crippen LogP contribution is -2.44. The Morgan fingerprint density at radius 1 is 1.06 bits per heavy atom. The van der Waals surface area contributed by atoms with E-state index in [0.717, 1.165) is 39.6 Å². The van der Waals surface area contributed by atoms with Crippen LogP contribution in [0.15, 0.2) is 72.9 Å². The van der Waals surface area contributed by atoms with Gasteiger partial charge in [0, 0.05) is 11.8 Å². The van der Waals surface area contributed by atoms with E-state index in [-0.39, 0.29) is 18.6 Å². The molecule has 0 aliphatic carbocycles. The van der Waals surface area contributed by atoms with Gasteiger partial charge in [0.25, 0.3) is 0 Å². The second-order valence-electron chi connectivity index (χ2n) is 8.62. The Bertz CT molecular complexity index is 1390. The third kappa shape index (κ3) is 4.07. The Kier molecular flexibility index (Phi) is 5.86. The number of rotatable bonds is 4. The molecule has 178 valence electrons. The van der Waals surface area contributed by atoms with E-state index in [9.17, 15) is 9.59 Å². The van der Waals surface area contributed by atoms with Crippen LogP contribution in [-0.4, -0.2) is 44.9 Å². The number of amides is 2. The highest BCUT2D eigenvalue weighted by Crippen LogP contribution is 2.38. The van der Waals surface area contributed by atoms with Gasteiger partial charge in [-0.1, -0.05) is 48.0 Å². The Labute approximate surface area is 203 Å². The fraction of sp³-hybridized carbons (Fsp3) is 0.222. The van der Waals surface area contributed by atoms with Gasteiger partial charge in [-0.3, -0.25) is 4.79 Å². The molecule has 0 fully saturated rings. The van der Waals surface area contributed by atoms with Crippen LogP contribution in [-0.2, 0) is 16.1 Å². The standard InChI is InChI=1S/C27H27N5O3/c1-18-9-7-10-20(15-18)25-23-13-8-14-30(23)26-22(17-31(25)27(34)28-16-24(33)35-3)19(2)29-32(26)21-11-5-4-6-12-21/h4-15,25H,16-17H2,1-3H3,(H,28,34)/t25-/m0/s1. The van der Waals surface area contributed by atoms with Crippen molar-refractivity contribution in [3.63, 3.8) is 0 Å². The number of methoxy groups -OCH3 is 1. The van der Waals surface area contributed by atoms with Crippen molar-refractivity contribution in [3.8, 4) is 11.5 Å². The van der Waals surface area contributed by atoms with E-state index in [0.29, 0.717) is 6.54 Å². The Balaban J connectivity index is 1.69. The molecule has 2 amide bonds. The maximum absolute atomic E-state index is 13.5. The number of carbonyl (C=O) groups excluding carboxylic acids is 2. The van der Waals surface area contributed by atoms with Crippen LogP contribution in [0, 0.1) is 13.8 Å². The molecule has 0 saturated carbocycles. The molecule has 0 spiro atoms. The highest BCUT2D eigenvalue weighted by atomic mass is 16.5. The zero-order chi connectivity index (χ0) is 24.5. The van der Waals surface area contributed by atoms with E-state index in [2.05, 4.69) is 16.0 Å². The monoisotopic (exact) mass is 469 g/mol. The van der Waals surface area contributed by atoms with Gasteiger partial charge < -0.3 is 19.5 Å². The van der Waals surface area contributed by atoms with Crippen molar-refractivity contribution in [1.29, 1.82) is 0 Å². The zero-order valence-electron chi connectivity index (χ0n) is 19.9. The molecule has 8 nitrogen and oxygen atoms in total. The number of nitrogens with one attached hydrogen (secondary N) is 1. The molecule has 8 heteroatoms. The molecule has 2 aromatic carbocycles. The second kappa shape index (κ2) is 9.13. The van der Waals surface area contributed by atoms with Gasteiger partial charge in [-0.05, 0) is 43.7 Å². The number of para-hydroxylation sites is 1. The first-order valence-corrected chi connectivity index (χ1v) is 11.5. The number of benzene rings is 2. The lowest BCUT2D eigenvalue weighted by atomic mass is 10.00. The number of nitrogens with zero attached hydrogens (tertiary/aromatic N) is 4. The number of esters is 1. The molecule has 0 bridgehead atoms. The normalized spacial score (nSPS) is 14.6. The number of urea groups is 1. The molecule has 3 heterocycles. The lowest BCUT2D eigenvalue weighted by Gasteiger charge is -2.31. The van der Waals surface area contributed by atoms with Gasteiger partial charge in [0.2, 0.25) is 0 Å². The quantitative estimate of drug-likeness (QED) is 0.457. The van der Waals surface area contributed by atoms with Crippen molar-refractivity contribution in [2.24, 2.45) is 0 Å². The average Bonchev–Trinajstić information content (AvgIpc) is 3.43. The van der Waals surface area contributed by atoms with E-state index < -0.39 is 5.97 Å². The van der Waals surface area contributed by atoms with Crippen LogP contribution in [0.3, 0.4) is 0 Å². The van der Waals surface area contributed by atoms with Crippen LogP contribution < -0.4 is 5.32 Å². The van der Waals surface area contributed by atoms with Crippen LogP contribution in [0.5, 0.6) is 0 Å². The predicted molar refractivity (Wildman–Crippen MR) is 132 cm³/mol. The fourth-order valence-electron chi connectivity index (χ4n) is 4.66. The number of aryl methyl sites for hydroxylation is 2. The van der Waals surface area contributed by atoms with Crippen LogP contribution >= 0.6 is 0 Å². The third-order valence-corrected chi connectivity index (χ3v) is 6.32. The molecule has 0 unspecified atom stereocenters. The van der Waals surface area contributed by atoms with Gasteiger partial charge in [0.05, 0.1) is 36.8 Å². The number of ether oxygens (including phenoxy) is 1. The number of hydrogen-bond acceptors (Lipinski definition) is 4. The minimum atomic E-state index is -0.502. The molecule has 5 rings (SSSR count). The molecule has 1 atom stereocenters. The van der Waals surface area contributed by atoms with Gasteiger partial charge in [-0.2, -0.15) is 5.10 Å². The van der Waals surface area contributed by atoms with Gasteiger partial charge in [-0.15, -0.1) is 0 Å². The summed E-state index contributed by atoms with van der Waals surface area (Å²) >= 11 is 0. The first-order chi connectivity index (χ1) is 17.0. The van der Waals surface area contributed by atoms with Crippen LogP contribution in [0.1, 0.15) is 34.1 Å². The van der Waals surface area contributed by atoms with Crippen molar-refractivity contribution in [1.82, 2.24) is 24.6 Å². The first-order valence-electron chi connectivity index (χ1n) is 11.5. The molecular weight excluding hydrogens is 442 g/mol. The summed E-state index contributed by atoms with van der Waals surface area (Å²) in [5.41, 5.74) is 5.73. The highest BCUT2D eigenvalue weighted by molar-refractivity contribution is 5.81. The van der Waals surface area contributed by atoms with E-state index >= 15 is 0 Å². The maximum atomic E-state index is 13.5. The summed E-state index contributed by atoms with van der Waals surface area (Å²) in [4.78, 5) is 27.1. The van der Waals surface area contributed by atoms with Crippen LogP contribution in [0.25, 0.3) is 11.5 Å². The Morgan fingerprint density at radius 3 is 2.60 bits per heavy atom. The summed E-state index contributed by atoms with van der Waals surface area (Å²) in [6.07, 6.45) is 2.01. The molecule has 1 aliphatic rings. The van der Waals surface area contributed by atoms with Crippen LogP contribution in [0.4, 0.5) is 4.79 Å².